The maximum atomic E-state index is 4.84. The Kier molecular flexibility index (Phi) is 1.83. The molecule has 0 amide bonds. The maximum Gasteiger partial charge on any atom is 0.278 e. The number of halogens is 1. The highest BCUT2D eigenvalue weighted by Gasteiger charge is 2.06. The van der Waals surface area contributed by atoms with Crippen molar-refractivity contribution in [3.05, 3.63) is 23.3 Å². The van der Waals surface area contributed by atoms with E-state index in [1.54, 1.807) is 18.6 Å². The topological polar surface area (TPSA) is 64.7 Å². The predicted octanol–water partition coefficient (Wildman–Crippen LogP) is 1.29. The lowest BCUT2D eigenvalue weighted by Crippen LogP contribution is -1.83. The van der Waals surface area contributed by atoms with Crippen LogP contribution in [-0.4, -0.2) is 20.1 Å². The van der Waals surface area contributed by atoms with Gasteiger partial charge < -0.3 is 4.52 Å². The Labute approximate surface area is 76.0 Å². The third-order valence-electron chi connectivity index (χ3n) is 1.18. The summed E-state index contributed by atoms with van der Waals surface area (Å²) in [5.74, 6) is 0.356. The summed E-state index contributed by atoms with van der Waals surface area (Å²) >= 11 is 3.07. The van der Waals surface area contributed by atoms with Gasteiger partial charge in [-0.05, 0) is 21.1 Å². The van der Waals surface area contributed by atoms with Crippen LogP contribution in [-0.2, 0) is 0 Å². The minimum Gasteiger partial charge on any atom is -0.331 e. The first-order valence-corrected chi connectivity index (χ1v) is 3.91. The summed E-state index contributed by atoms with van der Waals surface area (Å²) < 4.78 is 5.25. The highest BCUT2D eigenvalue weighted by Crippen LogP contribution is 2.14. The summed E-state index contributed by atoms with van der Waals surface area (Å²) in [5.41, 5.74) is 0.565. The summed E-state index contributed by atoms with van der Waals surface area (Å²) in [6.45, 7) is 0. The summed E-state index contributed by atoms with van der Waals surface area (Å²) in [4.78, 5) is 11.8. The van der Waals surface area contributed by atoms with Gasteiger partial charge in [-0.3, -0.25) is 4.98 Å². The summed E-state index contributed by atoms with van der Waals surface area (Å²) in [7, 11) is 0. The number of hydrogen-bond acceptors (Lipinski definition) is 5. The van der Waals surface area contributed by atoms with Gasteiger partial charge in [0, 0.05) is 12.4 Å². The van der Waals surface area contributed by atoms with Gasteiger partial charge in [0.2, 0.25) is 4.73 Å². The van der Waals surface area contributed by atoms with Gasteiger partial charge in [0.05, 0.1) is 6.20 Å². The van der Waals surface area contributed by atoms with Crippen LogP contribution in [0.3, 0.4) is 0 Å². The molecule has 2 aromatic rings. The molecular weight excluding hydrogens is 224 g/mol. The first kappa shape index (κ1) is 7.35. The lowest BCUT2D eigenvalue weighted by molar-refractivity contribution is 0.425. The van der Waals surface area contributed by atoms with Gasteiger partial charge in [-0.1, -0.05) is 0 Å². The zero-order chi connectivity index (χ0) is 8.39. The van der Waals surface area contributed by atoms with Crippen LogP contribution >= 0.6 is 15.9 Å². The molecule has 60 valence electrons. The Balaban J connectivity index is 2.45. The third kappa shape index (κ3) is 1.33. The average molecular weight is 227 g/mol. The first-order valence-electron chi connectivity index (χ1n) is 3.12. The molecule has 2 rings (SSSR count). The summed E-state index contributed by atoms with van der Waals surface area (Å²) in [5, 5.41) is 3.56. The van der Waals surface area contributed by atoms with Gasteiger partial charge in [0.25, 0.3) is 5.89 Å². The van der Waals surface area contributed by atoms with Crippen molar-refractivity contribution in [2.24, 2.45) is 0 Å². The molecule has 0 aromatic carbocycles. The highest BCUT2D eigenvalue weighted by atomic mass is 79.9. The molecule has 0 aliphatic rings. The maximum absolute atomic E-state index is 4.84. The van der Waals surface area contributed by atoms with Gasteiger partial charge in [-0.2, -0.15) is 4.98 Å². The van der Waals surface area contributed by atoms with Gasteiger partial charge in [0.15, 0.2) is 0 Å². The van der Waals surface area contributed by atoms with E-state index < -0.39 is 0 Å². The second kappa shape index (κ2) is 2.98. The molecule has 0 bridgehead atoms. The van der Waals surface area contributed by atoms with Gasteiger partial charge >= 0.3 is 0 Å². The largest absolute Gasteiger partial charge is 0.331 e. The second-order valence-corrected chi connectivity index (χ2v) is 2.67. The molecule has 12 heavy (non-hydrogen) atoms. The fourth-order valence-electron chi connectivity index (χ4n) is 0.719. The Bertz CT molecular complexity index is 374. The van der Waals surface area contributed by atoms with Crippen molar-refractivity contribution in [2.75, 3.05) is 0 Å². The van der Waals surface area contributed by atoms with Crippen molar-refractivity contribution >= 4 is 15.9 Å². The predicted molar refractivity (Wildman–Crippen MR) is 43.0 cm³/mol. The molecule has 0 saturated heterocycles. The highest BCUT2D eigenvalue weighted by molar-refractivity contribution is 9.10. The van der Waals surface area contributed by atoms with Crippen LogP contribution in [0.1, 0.15) is 0 Å². The number of hydrogen-bond donors (Lipinski definition) is 0. The molecule has 2 heterocycles. The Hall–Kier alpha value is -1.30. The SMILES string of the molecule is Brc1noc(-c2cnccn2)n1. The normalized spacial score (nSPS) is 10.1. The zero-order valence-corrected chi connectivity index (χ0v) is 7.39. The molecule has 5 nitrogen and oxygen atoms in total. The number of nitrogens with zero attached hydrogens (tertiary/aromatic N) is 4. The minimum atomic E-state index is 0.356. The smallest absolute Gasteiger partial charge is 0.278 e. The molecule has 0 N–H and O–H groups in total. The van der Waals surface area contributed by atoms with E-state index in [1.165, 1.54) is 0 Å². The molecule has 2 aromatic heterocycles. The summed E-state index contributed by atoms with van der Waals surface area (Å²) in [6.07, 6.45) is 4.70. The molecule has 0 saturated carbocycles. The Morgan fingerprint density at radius 3 is 2.83 bits per heavy atom. The first-order chi connectivity index (χ1) is 5.86. The third-order valence-corrected chi connectivity index (χ3v) is 1.51. The molecule has 0 aliphatic carbocycles. The van der Waals surface area contributed by atoms with E-state index in [2.05, 4.69) is 36.0 Å². The fourth-order valence-corrected chi connectivity index (χ4v) is 0.953. The van der Waals surface area contributed by atoms with E-state index in [0.29, 0.717) is 16.3 Å². The van der Waals surface area contributed by atoms with Crippen LogP contribution < -0.4 is 0 Å². The van der Waals surface area contributed by atoms with E-state index >= 15 is 0 Å². The molecule has 0 spiro atoms. The van der Waals surface area contributed by atoms with Crippen LogP contribution in [0.2, 0.25) is 0 Å². The van der Waals surface area contributed by atoms with Crippen molar-refractivity contribution in [1.82, 2.24) is 20.1 Å². The molecule has 0 radical (unpaired) electrons. The Morgan fingerprint density at radius 1 is 1.33 bits per heavy atom. The van der Waals surface area contributed by atoms with Gasteiger partial charge in [-0.15, -0.1) is 0 Å². The molecule has 0 unspecified atom stereocenters. The number of aromatic nitrogens is 4. The standard InChI is InChI=1S/C6H3BrN4O/c7-6-10-5(12-11-6)4-3-8-1-2-9-4/h1-3H. The van der Waals surface area contributed by atoms with E-state index in [9.17, 15) is 0 Å². The van der Waals surface area contributed by atoms with Crippen LogP contribution in [0, 0.1) is 0 Å². The Morgan fingerprint density at radius 2 is 2.25 bits per heavy atom. The molecule has 0 atom stereocenters. The quantitative estimate of drug-likeness (QED) is 0.734. The van der Waals surface area contributed by atoms with Crippen LogP contribution in [0.4, 0.5) is 0 Å². The lowest BCUT2D eigenvalue weighted by atomic mass is 10.4. The zero-order valence-electron chi connectivity index (χ0n) is 5.81. The van der Waals surface area contributed by atoms with Gasteiger partial charge in [0.1, 0.15) is 5.69 Å². The fraction of sp³-hybridized carbons (Fsp3) is 0. The molecule has 0 fully saturated rings. The van der Waals surface area contributed by atoms with E-state index in [1.807, 2.05) is 0 Å². The molecule has 0 aliphatic heterocycles. The van der Waals surface area contributed by atoms with Crippen LogP contribution in [0.5, 0.6) is 0 Å². The average Bonchev–Trinajstić information content (AvgIpc) is 2.54. The number of rotatable bonds is 1. The van der Waals surface area contributed by atoms with Crippen molar-refractivity contribution in [1.29, 1.82) is 0 Å². The lowest BCUT2D eigenvalue weighted by Gasteiger charge is -1.87. The van der Waals surface area contributed by atoms with E-state index in [4.69, 9.17) is 4.52 Å². The summed E-state index contributed by atoms with van der Waals surface area (Å²) in [6, 6.07) is 0. The van der Waals surface area contributed by atoms with E-state index in [-0.39, 0.29) is 0 Å². The van der Waals surface area contributed by atoms with Crippen LogP contribution in [0.25, 0.3) is 11.6 Å². The van der Waals surface area contributed by atoms with Crippen molar-refractivity contribution in [3.8, 4) is 11.6 Å². The van der Waals surface area contributed by atoms with Gasteiger partial charge in [-0.25, -0.2) is 4.98 Å². The van der Waals surface area contributed by atoms with Crippen molar-refractivity contribution < 1.29 is 4.52 Å². The van der Waals surface area contributed by atoms with E-state index in [0.717, 1.165) is 0 Å². The van der Waals surface area contributed by atoms with Crippen molar-refractivity contribution in [3.63, 3.8) is 0 Å². The van der Waals surface area contributed by atoms with Crippen molar-refractivity contribution in [2.45, 2.75) is 0 Å². The monoisotopic (exact) mass is 226 g/mol. The van der Waals surface area contributed by atoms with Crippen LogP contribution in [0.15, 0.2) is 27.8 Å². The second-order valence-electron chi connectivity index (χ2n) is 1.96. The molecular formula is C6H3BrN4O. The molecule has 6 heteroatoms. The minimum absolute atomic E-state index is 0.356.